The molecule has 118 valence electrons. The van der Waals surface area contributed by atoms with Gasteiger partial charge in [-0.05, 0) is 43.5 Å². The molecule has 1 aromatic carbocycles. The maximum absolute atomic E-state index is 6.52. The van der Waals surface area contributed by atoms with Crippen LogP contribution in [-0.4, -0.2) is 23.5 Å². The predicted molar refractivity (Wildman–Crippen MR) is 94.4 cm³/mol. The molecule has 1 aliphatic rings. The summed E-state index contributed by atoms with van der Waals surface area (Å²) in [7, 11) is 0. The van der Waals surface area contributed by atoms with Crippen molar-refractivity contribution >= 4 is 15.9 Å². The van der Waals surface area contributed by atoms with Gasteiger partial charge in [-0.2, -0.15) is 0 Å². The average Bonchev–Trinajstić information content (AvgIpc) is 2.54. The summed E-state index contributed by atoms with van der Waals surface area (Å²) in [6.45, 7) is 5.56. The largest absolute Gasteiger partial charge is 0.326 e. The number of hydrogen-bond acceptors (Lipinski definition) is 2. The van der Waals surface area contributed by atoms with Crippen LogP contribution in [0.25, 0.3) is 0 Å². The van der Waals surface area contributed by atoms with E-state index in [1.165, 1.54) is 37.7 Å². The van der Waals surface area contributed by atoms with Crippen molar-refractivity contribution in [2.75, 3.05) is 6.54 Å². The monoisotopic (exact) mass is 352 g/mol. The van der Waals surface area contributed by atoms with Crippen molar-refractivity contribution in [2.24, 2.45) is 5.73 Å². The van der Waals surface area contributed by atoms with Gasteiger partial charge in [0.15, 0.2) is 0 Å². The molecule has 2 nitrogen and oxygen atoms in total. The van der Waals surface area contributed by atoms with Crippen LogP contribution in [0.2, 0.25) is 0 Å². The summed E-state index contributed by atoms with van der Waals surface area (Å²) < 4.78 is 1.13. The van der Waals surface area contributed by atoms with Crippen LogP contribution < -0.4 is 5.73 Å². The van der Waals surface area contributed by atoms with E-state index in [2.05, 4.69) is 58.9 Å². The lowest BCUT2D eigenvalue weighted by Gasteiger charge is -2.42. The number of rotatable bonds is 6. The van der Waals surface area contributed by atoms with E-state index in [4.69, 9.17) is 5.73 Å². The van der Waals surface area contributed by atoms with Crippen molar-refractivity contribution < 1.29 is 0 Å². The fraction of sp³-hybridized carbons (Fsp3) is 0.667. The zero-order valence-corrected chi connectivity index (χ0v) is 15.0. The van der Waals surface area contributed by atoms with Crippen LogP contribution in [-0.2, 0) is 0 Å². The van der Waals surface area contributed by atoms with Gasteiger partial charge in [-0.1, -0.05) is 61.2 Å². The summed E-state index contributed by atoms with van der Waals surface area (Å²) in [6, 6.07) is 9.99. The normalized spacial score (nSPS) is 19.7. The maximum atomic E-state index is 6.52. The first kappa shape index (κ1) is 17.0. The van der Waals surface area contributed by atoms with E-state index in [0.717, 1.165) is 17.4 Å². The van der Waals surface area contributed by atoms with E-state index in [9.17, 15) is 0 Å². The molecule has 0 amide bonds. The highest BCUT2D eigenvalue weighted by atomic mass is 79.9. The topological polar surface area (TPSA) is 29.3 Å². The Bertz CT molecular complexity index is 412. The van der Waals surface area contributed by atoms with E-state index in [0.29, 0.717) is 12.1 Å². The highest BCUT2D eigenvalue weighted by molar-refractivity contribution is 9.10. The van der Waals surface area contributed by atoms with Gasteiger partial charge in [0.25, 0.3) is 0 Å². The highest BCUT2D eigenvalue weighted by Gasteiger charge is 2.30. The van der Waals surface area contributed by atoms with Crippen molar-refractivity contribution in [3.63, 3.8) is 0 Å². The molecule has 0 heterocycles. The van der Waals surface area contributed by atoms with E-state index >= 15 is 0 Å². The standard InChI is InChI=1S/C18H29BrN2/c1-3-17(20)18(14-10-12-15(19)13-11-14)21(4-2)16-8-6-5-7-9-16/h10-13,16-18H,3-9,20H2,1-2H3. The second-order valence-electron chi connectivity index (χ2n) is 6.19. The SMILES string of the molecule is CCC(N)C(c1ccc(Br)cc1)N(CC)C1CCCCC1. The summed E-state index contributed by atoms with van der Waals surface area (Å²) in [5.74, 6) is 0. The molecule has 21 heavy (non-hydrogen) atoms. The van der Waals surface area contributed by atoms with E-state index in [1.807, 2.05) is 0 Å². The van der Waals surface area contributed by atoms with Gasteiger partial charge in [0.1, 0.15) is 0 Å². The smallest absolute Gasteiger partial charge is 0.0501 e. The minimum Gasteiger partial charge on any atom is -0.326 e. The predicted octanol–water partition coefficient (Wildman–Crippen LogP) is 4.88. The fourth-order valence-electron chi connectivity index (χ4n) is 3.66. The summed E-state index contributed by atoms with van der Waals surface area (Å²) >= 11 is 3.53. The van der Waals surface area contributed by atoms with Crippen molar-refractivity contribution in [3.8, 4) is 0 Å². The maximum Gasteiger partial charge on any atom is 0.0501 e. The number of benzene rings is 1. The molecule has 0 spiro atoms. The van der Waals surface area contributed by atoms with Crippen LogP contribution in [0.5, 0.6) is 0 Å². The molecule has 0 aliphatic heterocycles. The van der Waals surface area contributed by atoms with Gasteiger partial charge < -0.3 is 5.73 Å². The first-order valence-electron chi connectivity index (χ1n) is 8.44. The molecule has 1 aliphatic carbocycles. The molecule has 1 aromatic rings. The fourth-order valence-corrected chi connectivity index (χ4v) is 3.93. The number of nitrogens with zero attached hydrogens (tertiary/aromatic N) is 1. The second kappa shape index (κ2) is 8.30. The minimum atomic E-state index is 0.202. The quantitative estimate of drug-likeness (QED) is 0.790. The third-order valence-electron chi connectivity index (χ3n) is 4.85. The summed E-state index contributed by atoms with van der Waals surface area (Å²) in [5, 5.41) is 0. The third kappa shape index (κ3) is 4.30. The Balaban J connectivity index is 2.26. The molecular formula is C18H29BrN2. The Morgan fingerprint density at radius 1 is 1.14 bits per heavy atom. The third-order valence-corrected chi connectivity index (χ3v) is 5.38. The summed E-state index contributed by atoms with van der Waals surface area (Å²) in [6.07, 6.45) is 7.82. The van der Waals surface area contributed by atoms with Crippen LogP contribution in [0.1, 0.15) is 64.0 Å². The van der Waals surface area contributed by atoms with Gasteiger partial charge >= 0.3 is 0 Å². The zero-order valence-electron chi connectivity index (χ0n) is 13.4. The molecule has 3 heteroatoms. The number of hydrogen-bond donors (Lipinski definition) is 1. The number of halogens is 1. The lowest BCUT2D eigenvalue weighted by molar-refractivity contribution is 0.0931. The van der Waals surface area contributed by atoms with Crippen molar-refractivity contribution in [2.45, 2.75) is 70.5 Å². The Hall–Kier alpha value is -0.380. The molecule has 0 aromatic heterocycles. The summed E-state index contributed by atoms with van der Waals surface area (Å²) in [4.78, 5) is 2.66. The average molecular weight is 353 g/mol. The zero-order chi connectivity index (χ0) is 15.2. The Kier molecular flexibility index (Phi) is 6.72. The van der Waals surface area contributed by atoms with Crippen molar-refractivity contribution in [3.05, 3.63) is 34.3 Å². The Morgan fingerprint density at radius 3 is 2.29 bits per heavy atom. The molecule has 1 saturated carbocycles. The second-order valence-corrected chi connectivity index (χ2v) is 7.11. The molecular weight excluding hydrogens is 324 g/mol. The lowest BCUT2D eigenvalue weighted by atomic mass is 9.89. The first-order chi connectivity index (χ1) is 10.2. The van der Waals surface area contributed by atoms with Gasteiger partial charge in [0.05, 0.1) is 6.04 Å². The van der Waals surface area contributed by atoms with Crippen LogP contribution in [0.3, 0.4) is 0 Å². The van der Waals surface area contributed by atoms with Crippen LogP contribution in [0.4, 0.5) is 0 Å². The number of nitrogens with two attached hydrogens (primary N) is 1. The molecule has 2 unspecified atom stereocenters. The molecule has 0 saturated heterocycles. The Labute approximate surface area is 138 Å². The lowest BCUT2D eigenvalue weighted by Crippen LogP contribution is -2.46. The molecule has 0 radical (unpaired) electrons. The van der Waals surface area contributed by atoms with E-state index < -0.39 is 0 Å². The molecule has 2 rings (SSSR count). The van der Waals surface area contributed by atoms with Crippen LogP contribution >= 0.6 is 15.9 Å². The molecule has 2 N–H and O–H groups in total. The molecule has 1 fully saturated rings. The van der Waals surface area contributed by atoms with Gasteiger partial charge in [0.2, 0.25) is 0 Å². The minimum absolute atomic E-state index is 0.202. The van der Waals surface area contributed by atoms with Gasteiger partial charge in [-0.3, -0.25) is 4.90 Å². The van der Waals surface area contributed by atoms with Crippen LogP contribution in [0.15, 0.2) is 28.7 Å². The Morgan fingerprint density at radius 2 is 1.76 bits per heavy atom. The van der Waals surface area contributed by atoms with Gasteiger partial charge in [-0.25, -0.2) is 0 Å². The number of likely N-dealkylation sites (N-methyl/N-ethyl adjacent to an activating group) is 1. The van der Waals surface area contributed by atoms with E-state index in [-0.39, 0.29) is 6.04 Å². The molecule has 2 atom stereocenters. The van der Waals surface area contributed by atoms with Crippen LogP contribution in [0, 0.1) is 0 Å². The highest BCUT2D eigenvalue weighted by Crippen LogP contribution is 2.33. The van der Waals surface area contributed by atoms with Gasteiger partial charge in [-0.15, -0.1) is 0 Å². The van der Waals surface area contributed by atoms with Crippen molar-refractivity contribution in [1.29, 1.82) is 0 Å². The van der Waals surface area contributed by atoms with Gasteiger partial charge in [0, 0.05) is 16.6 Å². The van der Waals surface area contributed by atoms with Crippen molar-refractivity contribution in [1.82, 2.24) is 4.90 Å². The first-order valence-corrected chi connectivity index (χ1v) is 9.23. The van der Waals surface area contributed by atoms with E-state index in [1.54, 1.807) is 0 Å². The molecule has 0 bridgehead atoms. The summed E-state index contributed by atoms with van der Waals surface area (Å²) in [5.41, 5.74) is 7.88.